The number of benzene rings is 1. The highest BCUT2D eigenvalue weighted by atomic mass is 16.2. The largest absolute Gasteiger partial charge is 0.368 e. The minimum Gasteiger partial charge on any atom is -0.368 e. The van der Waals surface area contributed by atoms with Crippen LogP contribution in [-0.2, 0) is 16.6 Å². The van der Waals surface area contributed by atoms with Crippen LogP contribution in [0.15, 0.2) is 30.3 Å². The van der Waals surface area contributed by atoms with Gasteiger partial charge in [0.1, 0.15) is 6.04 Å². The number of primary amides is 1. The van der Waals surface area contributed by atoms with Gasteiger partial charge in [0.15, 0.2) is 0 Å². The first-order valence-corrected chi connectivity index (χ1v) is 7.47. The summed E-state index contributed by atoms with van der Waals surface area (Å²) in [6, 6.07) is 8.13. The Morgan fingerprint density at radius 1 is 1.22 bits per heavy atom. The molecule has 0 radical (unpaired) electrons. The van der Waals surface area contributed by atoms with Crippen LogP contribution in [0, 0.1) is 13.8 Å². The predicted octanol–water partition coefficient (Wildman–Crippen LogP) is 1.48. The molecule has 0 fully saturated rings. The average Bonchev–Trinajstić information content (AvgIpc) is 2.77. The zero-order chi connectivity index (χ0) is 17.1. The quantitative estimate of drug-likeness (QED) is 0.876. The molecule has 2 aromatic rings. The van der Waals surface area contributed by atoms with E-state index in [2.05, 4.69) is 10.4 Å². The second-order valence-electron chi connectivity index (χ2n) is 5.68. The third-order valence-corrected chi connectivity index (χ3v) is 4.10. The second kappa shape index (κ2) is 6.64. The molecule has 0 spiro atoms. The van der Waals surface area contributed by atoms with Crippen molar-refractivity contribution in [2.75, 3.05) is 0 Å². The Bertz CT molecular complexity index is 722. The van der Waals surface area contributed by atoms with E-state index in [0.29, 0.717) is 5.56 Å². The number of rotatable bonds is 5. The van der Waals surface area contributed by atoms with Gasteiger partial charge in [0, 0.05) is 18.3 Å². The fraction of sp³-hybridized carbons (Fsp3) is 0.353. The van der Waals surface area contributed by atoms with E-state index in [4.69, 9.17) is 5.73 Å². The van der Waals surface area contributed by atoms with Crippen LogP contribution in [0.25, 0.3) is 0 Å². The van der Waals surface area contributed by atoms with Crippen molar-refractivity contribution in [3.8, 4) is 0 Å². The lowest BCUT2D eigenvalue weighted by Crippen LogP contribution is -2.39. The van der Waals surface area contributed by atoms with Crippen LogP contribution in [-0.4, -0.2) is 21.6 Å². The molecule has 2 atom stereocenters. The van der Waals surface area contributed by atoms with E-state index in [9.17, 15) is 9.59 Å². The predicted molar refractivity (Wildman–Crippen MR) is 87.6 cm³/mol. The third-order valence-electron chi connectivity index (χ3n) is 4.10. The molecule has 1 aromatic carbocycles. The number of hydrogen-bond donors (Lipinski definition) is 2. The molecule has 1 aromatic heterocycles. The molecule has 2 rings (SSSR count). The number of nitrogens with zero attached hydrogens (tertiary/aromatic N) is 2. The van der Waals surface area contributed by atoms with E-state index in [1.54, 1.807) is 35.9 Å². The number of carbonyl (C=O) groups excluding carboxylic acids is 2. The van der Waals surface area contributed by atoms with Crippen molar-refractivity contribution in [2.45, 2.75) is 32.7 Å². The van der Waals surface area contributed by atoms with Gasteiger partial charge in [-0.05, 0) is 26.3 Å². The molecule has 6 nitrogen and oxygen atoms in total. The average molecular weight is 314 g/mol. The van der Waals surface area contributed by atoms with Gasteiger partial charge < -0.3 is 11.1 Å². The van der Waals surface area contributed by atoms with Crippen LogP contribution in [0.4, 0.5) is 0 Å². The molecule has 0 aliphatic rings. The SMILES string of the molecule is Cc1nn(C)c(C)c1C(C)C(=O)NC(C(N)=O)c1ccccc1. The number of nitrogens with two attached hydrogens (primary N) is 1. The summed E-state index contributed by atoms with van der Waals surface area (Å²) in [5.74, 6) is -1.26. The van der Waals surface area contributed by atoms with Gasteiger partial charge in [0.25, 0.3) is 0 Å². The number of amides is 2. The summed E-state index contributed by atoms with van der Waals surface area (Å²) in [5, 5.41) is 7.08. The summed E-state index contributed by atoms with van der Waals surface area (Å²) < 4.78 is 1.75. The molecule has 23 heavy (non-hydrogen) atoms. The number of aryl methyl sites for hydroxylation is 2. The third kappa shape index (κ3) is 3.41. The lowest BCUT2D eigenvalue weighted by molar-refractivity contribution is -0.128. The standard InChI is InChI=1S/C17H22N4O2/c1-10(14-11(2)20-21(4)12(14)3)17(23)19-15(16(18)22)13-8-6-5-7-9-13/h5-10,15H,1-4H3,(H2,18,22)(H,19,23). The first kappa shape index (κ1) is 16.7. The maximum Gasteiger partial charge on any atom is 0.244 e. The Hall–Kier alpha value is -2.63. The normalized spacial score (nSPS) is 13.4. The Labute approximate surface area is 135 Å². The van der Waals surface area contributed by atoms with E-state index < -0.39 is 17.9 Å². The summed E-state index contributed by atoms with van der Waals surface area (Å²) >= 11 is 0. The molecule has 1 heterocycles. The first-order chi connectivity index (χ1) is 10.8. The van der Waals surface area contributed by atoms with Crippen molar-refractivity contribution in [1.29, 1.82) is 0 Å². The van der Waals surface area contributed by atoms with Crippen LogP contribution in [0.3, 0.4) is 0 Å². The van der Waals surface area contributed by atoms with Crippen molar-refractivity contribution in [2.24, 2.45) is 12.8 Å². The molecule has 0 aliphatic carbocycles. The lowest BCUT2D eigenvalue weighted by Gasteiger charge is -2.19. The van der Waals surface area contributed by atoms with Crippen molar-refractivity contribution in [3.05, 3.63) is 52.8 Å². The van der Waals surface area contributed by atoms with E-state index in [1.165, 1.54) is 0 Å². The van der Waals surface area contributed by atoms with Crippen LogP contribution < -0.4 is 11.1 Å². The summed E-state index contributed by atoms with van der Waals surface area (Å²) in [4.78, 5) is 24.3. The maximum atomic E-state index is 12.6. The van der Waals surface area contributed by atoms with Gasteiger partial charge in [0.05, 0.1) is 11.6 Å². The fourth-order valence-corrected chi connectivity index (χ4v) is 2.78. The molecule has 2 amide bonds. The molecule has 2 unspecified atom stereocenters. The van der Waals surface area contributed by atoms with Crippen molar-refractivity contribution < 1.29 is 9.59 Å². The molecular formula is C17H22N4O2. The van der Waals surface area contributed by atoms with E-state index in [1.807, 2.05) is 27.0 Å². The smallest absolute Gasteiger partial charge is 0.244 e. The van der Waals surface area contributed by atoms with E-state index in [0.717, 1.165) is 17.0 Å². The molecule has 6 heteroatoms. The number of hydrogen-bond acceptors (Lipinski definition) is 3. The van der Waals surface area contributed by atoms with Crippen molar-refractivity contribution >= 4 is 11.8 Å². The van der Waals surface area contributed by atoms with Gasteiger partial charge in [-0.2, -0.15) is 5.10 Å². The van der Waals surface area contributed by atoms with Crippen LogP contribution >= 0.6 is 0 Å². The molecule has 122 valence electrons. The Morgan fingerprint density at radius 2 is 1.83 bits per heavy atom. The van der Waals surface area contributed by atoms with Gasteiger partial charge in [-0.3, -0.25) is 14.3 Å². The van der Waals surface area contributed by atoms with Gasteiger partial charge in [-0.15, -0.1) is 0 Å². The number of aromatic nitrogens is 2. The minimum atomic E-state index is -0.844. The molecular weight excluding hydrogens is 292 g/mol. The Morgan fingerprint density at radius 3 is 2.30 bits per heavy atom. The zero-order valence-corrected chi connectivity index (χ0v) is 13.8. The van der Waals surface area contributed by atoms with Crippen LogP contribution in [0.5, 0.6) is 0 Å². The van der Waals surface area contributed by atoms with Crippen molar-refractivity contribution in [3.63, 3.8) is 0 Å². The van der Waals surface area contributed by atoms with E-state index >= 15 is 0 Å². The Balaban J connectivity index is 2.24. The minimum absolute atomic E-state index is 0.253. The van der Waals surface area contributed by atoms with Crippen LogP contribution in [0.1, 0.15) is 41.4 Å². The molecule has 0 aliphatic heterocycles. The van der Waals surface area contributed by atoms with E-state index in [-0.39, 0.29) is 5.91 Å². The van der Waals surface area contributed by atoms with Gasteiger partial charge in [0.2, 0.25) is 11.8 Å². The first-order valence-electron chi connectivity index (χ1n) is 7.47. The molecule has 0 saturated carbocycles. The zero-order valence-electron chi connectivity index (χ0n) is 13.8. The highest BCUT2D eigenvalue weighted by Crippen LogP contribution is 2.24. The monoisotopic (exact) mass is 314 g/mol. The van der Waals surface area contributed by atoms with Gasteiger partial charge in [-0.1, -0.05) is 30.3 Å². The lowest BCUT2D eigenvalue weighted by atomic mass is 9.97. The summed E-state index contributed by atoms with van der Waals surface area (Å²) in [5.41, 5.74) is 8.73. The van der Waals surface area contributed by atoms with Crippen LogP contribution in [0.2, 0.25) is 0 Å². The summed E-state index contributed by atoms with van der Waals surface area (Å²) in [6.45, 7) is 5.59. The summed E-state index contributed by atoms with van der Waals surface area (Å²) in [6.07, 6.45) is 0. The van der Waals surface area contributed by atoms with Crippen molar-refractivity contribution in [1.82, 2.24) is 15.1 Å². The Kier molecular flexibility index (Phi) is 4.83. The molecule has 3 N–H and O–H groups in total. The second-order valence-corrected chi connectivity index (χ2v) is 5.68. The van der Waals surface area contributed by atoms with Gasteiger partial charge in [-0.25, -0.2) is 0 Å². The molecule has 0 saturated heterocycles. The number of carbonyl (C=O) groups is 2. The fourth-order valence-electron chi connectivity index (χ4n) is 2.78. The highest BCUT2D eigenvalue weighted by Gasteiger charge is 2.27. The van der Waals surface area contributed by atoms with Gasteiger partial charge >= 0.3 is 0 Å². The topological polar surface area (TPSA) is 90.0 Å². The molecule has 0 bridgehead atoms. The summed E-state index contributed by atoms with van der Waals surface area (Å²) in [7, 11) is 1.84. The maximum absolute atomic E-state index is 12.6. The highest BCUT2D eigenvalue weighted by molar-refractivity contribution is 5.90. The number of nitrogens with one attached hydrogen (secondary N) is 1.